The number of benzene rings is 2. The van der Waals surface area contributed by atoms with Gasteiger partial charge in [0.15, 0.2) is 5.16 Å². The van der Waals surface area contributed by atoms with Gasteiger partial charge in [-0.2, -0.15) is 0 Å². The molecule has 28 heavy (non-hydrogen) atoms. The Kier molecular flexibility index (Phi) is 5.69. The fourth-order valence-corrected chi connectivity index (χ4v) is 4.60. The van der Waals surface area contributed by atoms with Crippen LogP contribution in [0.2, 0.25) is 5.02 Å². The Balaban J connectivity index is 1.67. The van der Waals surface area contributed by atoms with Gasteiger partial charge in [-0.05, 0) is 43.0 Å². The van der Waals surface area contributed by atoms with Crippen LogP contribution in [0.3, 0.4) is 0 Å². The zero-order valence-electron chi connectivity index (χ0n) is 15.6. The molecule has 1 aromatic heterocycles. The first-order valence-corrected chi connectivity index (χ1v) is 10.6. The predicted octanol–water partition coefficient (Wildman–Crippen LogP) is 4.68. The molecule has 4 rings (SSSR count). The van der Waals surface area contributed by atoms with Crippen molar-refractivity contribution in [3.8, 4) is 5.69 Å². The van der Waals surface area contributed by atoms with E-state index < -0.39 is 0 Å². The molecule has 1 atom stereocenters. The molecule has 5 nitrogen and oxygen atoms in total. The molecule has 2 aromatic carbocycles. The average Bonchev–Trinajstić information content (AvgIpc) is 3.40. The van der Waals surface area contributed by atoms with Crippen LogP contribution in [0.5, 0.6) is 0 Å². The van der Waals surface area contributed by atoms with Crippen LogP contribution in [0.25, 0.3) is 5.69 Å². The maximum absolute atomic E-state index is 13.2. The summed E-state index contributed by atoms with van der Waals surface area (Å²) in [5, 5.41) is 9.36. The Morgan fingerprint density at radius 1 is 1.14 bits per heavy atom. The molecule has 7 heteroatoms. The molecule has 0 aliphatic carbocycles. The summed E-state index contributed by atoms with van der Waals surface area (Å²) in [6, 6.07) is 15.7. The monoisotopic (exact) mass is 412 g/mol. The lowest BCUT2D eigenvalue weighted by Crippen LogP contribution is -2.31. The van der Waals surface area contributed by atoms with Gasteiger partial charge in [-0.1, -0.05) is 59.8 Å². The Morgan fingerprint density at radius 2 is 1.89 bits per heavy atom. The first-order valence-electron chi connectivity index (χ1n) is 9.30. The summed E-state index contributed by atoms with van der Waals surface area (Å²) >= 11 is 7.73. The molecule has 3 aromatic rings. The smallest absolute Gasteiger partial charge is 0.240 e. The highest BCUT2D eigenvalue weighted by Gasteiger charge is 2.30. The van der Waals surface area contributed by atoms with Crippen molar-refractivity contribution in [2.75, 3.05) is 13.1 Å². The second-order valence-corrected chi connectivity index (χ2v) is 8.34. The van der Waals surface area contributed by atoms with E-state index in [0.717, 1.165) is 42.7 Å². The van der Waals surface area contributed by atoms with Crippen molar-refractivity contribution in [2.45, 2.75) is 30.2 Å². The summed E-state index contributed by atoms with van der Waals surface area (Å²) in [6.45, 7) is 3.61. The molecule has 1 amide bonds. The van der Waals surface area contributed by atoms with Gasteiger partial charge in [0.1, 0.15) is 11.6 Å². The minimum absolute atomic E-state index is 0.130. The summed E-state index contributed by atoms with van der Waals surface area (Å²) in [5.74, 6) is 0.130. The molecular weight excluding hydrogens is 392 g/mol. The lowest BCUT2D eigenvalue weighted by atomic mass is 10.1. The zero-order valence-corrected chi connectivity index (χ0v) is 17.2. The van der Waals surface area contributed by atoms with Crippen molar-refractivity contribution < 1.29 is 4.79 Å². The normalized spacial score (nSPS) is 15.0. The number of aryl methyl sites for hydroxylation is 1. The molecule has 2 heterocycles. The van der Waals surface area contributed by atoms with Crippen LogP contribution in [0.4, 0.5) is 0 Å². The number of rotatable bonds is 5. The summed E-state index contributed by atoms with van der Waals surface area (Å²) in [7, 11) is 0. The van der Waals surface area contributed by atoms with Gasteiger partial charge in [-0.3, -0.25) is 9.36 Å². The van der Waals surface area contributed by atoms with Crippen LogP contribution in [0, 0.1) is 6.92 Å². The summed E-state index contributed by atoms with van der Waals surface area (Å²) in [4.78, 5) is 15.2. The van der Waals surface area contributed by atoms with E-state index in [2.05, 4.69) is 10.2 Å². The second-order valence-electron chi connectivity index (χ2n) is 6.86. The molecule has 0 bridgehead atoms. The van der Waals surface area contributed by atoms with Crippen molar-refractivity contribution >= 4 is 29.3 Å². The summed E-state index contributed by atoms with van der Waals surface area (Å²) in [5.41, 5.74) is 2.86. The molecule has 1 fully saturated rings. The highest BCUT2D eigenvalue weighted by Crippen LogP contribution is 2.37. The van der Waals surface area contributed by atoms with Crippen LogP contribution in [-0.2, 0) is 4.79 Å². The number of carbonyl (C=O) groups excluding carboxylic acids is 1. The predicted molar refractivity (Wildman–Crippen MR) is 112 cm³/mol. The highest BCUT2D eigenvalue weighted by molar-refractivity contribution is 8.00. The molecule has 1 unspecified atom stereocenters. The fraction of sp³-hybridized carbons (Fsp3) is 0.286. The summed E-state index contributed by atoms with van der Waals surface area (Å²) < 4.78 is 1.88. The number of halogens is 1. The molecule has 1 aliphatic heterocycles. The molecule has 0 radical (unpaired) electrons. The largest absolute Gasteiger partial charge is 0.341 e. The topological polar surface area (TPSA) is 51.0 Å². The Labute approximate surface area is 173 Å². The van der Waals surface area contributed by atoms with Gasteiger partial charge in [0.25, 0.3) is 0 Å². The van der Waals surface area contributed by atoms with Crippen LogP contribution >= 0.6 is 23.4 Å². The van der Waals surface area contributed by atoms with Gasteiger partial charge in [-0.25, -0.2) is 0 Å². The number of amides is 1. The maximum atomic E-state index is 13.2. The summed E-state index contributed by atoms with van der Waals surface area (Å²) in [6.07, 6.45) is 3.79. The van der Waals surface area contributed by atoms with Gasteiger partial charge >= 0.3 is 0 Å². The third kappa shape index (κ3) is 3.93. The SMILES string of the molecule is Cc1ccc(-n2cnnc2SC(C(=O)N2CCCC2)c2ccccc2)cc1Cl. The van der Waals surface area contributed by atoms with Crippen molar-refractivity contribution in [1.29, 1.82) is 0 Å². The molecule has 0 saturated carbocycles. The van der Waals surface area contributed by atoms with Gasteiger partial charge in [0, 0.05) is 18.1 Å². The minimum atomic E-state index is -0.358. The first-order chi connectivity index (χ1) is 13.6. The first kappa shape index (κ1) is 19.0. The molecule has 0 spiro atoms. The second kappa shape index (κ2) is 8.37. The maximum Gasteiger partial charge on any atom is 0.240 e. The number of hydrogen-bond donors (Lipinski definition) is 0. The fourth-order valence-electron chi connectivity index (χ4n) is 3.31. The van der Waals surface area contributed by atoms with Gasteiger partial charge in [0.2, 0.25) is 5.91 Å². The Morgan fingerprint density at radius 3 is 2.61 bits per heavy atom. The standard InChI is InChI=1S/C21H21ClN4OS/c1-15-9-10-17(13-18(15)22)26-14-23-24-21(26)28-19(16-7-3-2-4-8-16)20(27)25-11-5-6-12-25/h2-4,7-10,13-14,19H,5-6,11-12H2,1H3. The molecule has 1 aliphatic rings. The number of aromatic nitrogens is 3. The van der Waals surface area contributed by atoms with Crippen molar-refractivity contribution in [1.82, 2.24) is 19.7 Å². The van der Waals surface area contributed by atoms with Crippen molar-refractivity contribution in [2.24, 2.45) is 0 Å². The van der Waals surface area contributed by atoms with E-state index in [0.29, 0.717) is 10.2 Å². The van der Waals surface area contributed by atoms with E-state index in [1.54, 1.807) is 6.33 Å². The Hall–Kier alpha value is -2.31. The van der Waals surface area contributed by atoms with Crippen molar-refractivity contribution in [3.63, 3.8) is 0 Å². The third-order valence-corrected chi connectivity index (χ3v) is 6.52. The van der Waals surface area contributed by atoms with Gasteiger partial charge in [0.05, 0.1) is 5.69 Å². The van der Waals surface area contributed by atoms with Gasteiger partial charge in [-0.15, -0.1) is 10.2 Å². The van der Waals surface area contributed by atoms with Crippen LogP contribution in [-0.4, -0.2) is 38.7 Å². The number of likely N-dealkylation sites (tertiary alicyclic amines) is 1. The Bertz CT molecular complexity index is 970. The molecule has 1 saturated heterocycles. The lowest BCUT2D eigenvalue weighted by Gasteiger charge is -2.23. The molecule has 144 valence electrons. The lowest BCUT2D eigenvalue weighted by molar-refractivity contribution is -0.129. The van der Waals surface area contributed by atoms with E-state index in [9.17, 15) is 4.79 Å². The van der Waals surface area contributed by atoms with Crippen LogP contribution in [0.15, 0.2) is 60.0 Å². The molecule has 0 N–H and O–H groups in total. The van der Waals surface area contributed by atoms with E-state index in [-0.39, 0.29) is 11.2 Å². The number of hydrogen-bond acceptors (Lipinski definition) is 4. The zero-order chi connectivity index (χ0) is 19.5. The third-order valence-electron chi connectivity index (χ3n) is 4.92. The van der Waals surface area contributed by atoms with Gasteiger partial charge < -0.3 is 4.90 Å². The van der Waals surface area contributed by atoms with E-state index >= 15 is 0 Å². The average molecular weight is 413 g/mol. The van der Waals surface area contributed by atoms with Crippen molar-refractivity contribution in [3.05, 3.63) is 71.0 Å². The highest BCUT2D eigenvalue weighted by atomic mass is 35.5. The number of carbonyl (C=O) groups is 1. The molecular formula is C21H21ClN4OS. The number of thioether (sulfide) groups is 1. The van der Waals surface area contributed by atoms with E-state index in [1.165, 1.54) is 11.8 Å². The van der Waals surface area contributed by atoms with E-state index in [1.807, 2.05) is 64.9 Å². The number of nitrogens with zero attached hydrogens (tertiary/aromatic N) is 4. The van der Waals surface area contributed by atoms with Crippen LogP contribution < -0.4 is 0 Å². The quantitative estimate of drug-likeness (QED) is 0.570. The minimum Gasteiger partial charge on any atom is -0.341 e. The van der Waals surface area contributed by atoms with Crippen LogP contribution in [0.1, 0.15) is 29.2 Å². The van der Waals surface area contributed by atoms with E-state index in [4.69, 9.17) is 11.6 Å².